The molecule has 0 radical (unpaired) electrons. The molecule has 142 valence electrons. The number of thioether (sulfide) groups is 1. The molecule has 1 heterocycles. The highest BCUT2D eigenvalue weighted by atomic mass is 35.5. The fourth-order valence-corrected chi connectivity index (χ4v) is 5.41. The number of carbonyl (C=O) groups is 1. The van der Waals surface area contributed by atoms with E-state index in [0.717, 1.165) is 12.0 Å². The van der Waals surface area contributed by atoms with Crippen LogP contribution in [0.25, 0.3) is 0 Å². The number of hydrogen-bond donors (Lipinski definition) is 0. The highest BCUT2D eigenvalue weighted by Crippen LogP contribution is 2.39. The first-order chi connectivity index (χ1) is 12.9. The minimum atomic E-state index is -3.78. The Labute approximate surface area is 169 Å². The van der Waals surface area contributed by atoms with Gasteiger partial charge in [-0.2, -0.15) is 4.31 Å². The van der Waals surface area contributed by atoms with Gasteiger partial charge in [0.1, 0.15) is 0 Å². The summed E-state index contributed by atoms with van der Waals surface area (Å²) in [6.45, 7) is 2.17. The summed E-state index contributed by atoms with van der Waals surface area (Å²) in [5, 5.41) is 0.402. The fourth-order valence-electron chi connectivity index (χ4n) is 2.99. The lowest BCUT2D eigenvalue weighted by Gasteiger charge is -2.26. The van der Waals surface area contributed by atoms with Gasteiger partial charge in [0.05, 0.1) is 10.9 Å². The summed E-state index contributed by atoms with van der Waals surface area (Å²) < 4.78 is 27.9. The van der Waals surface area contributed by atoms with Gasteiger partial charge >= 0.3 is 0 Å². The maximum Gasteiger partial charge on any atom is 0.244 e. The van der Waals surface area contributed by atoms with Crippen molar-refractivity contribution in [3.8, 4) is 0 Å². The minimum absolute atomic E-state index is 0.0699. The second kappa shape index (κ2) is 8.61. The van der Waals surface area contributed by atoms with E-state index in [1.54, 1.807) is 18.2 Å². The Morgan fingerprint density at radius 1 is 1.15 bits per heavy atom. The molecule has 3 rings (SSSR count). The molecule has 1 aliphatic heterocycles. The van der Waals surface area contributed by atoms with E-state index in [4.69, 9.17) is 11.6 Å². The molecule has 0 fully saturated rings. The van der Waals surface area contributed by atoms with Crippen molar-refractivity contribution in [1.82, 2.24) is 4.31 Å². The van der Waals surface area contributed by atoms with Gasteiger partial charge in [0, 0.05) is 22.9 Å². The Morgan fingerprint density at radius 3 is 2.44 bits per heavy atom. The van der Waals surface area contributed by atoms with Crippen LogP contribution >= 0.6 is 23.4 Å². The number of rotatable bonds is 6. The molecular weight excluding hydrogens is 402 g/mol. The third kappa shape index (κ3) is 4.29. The van der Waals surface area contributed by atoms with Crippen LogP contribution in [0.15, 0.2) is 71.1 Å². The predicted octanol–water partition coefficient (Wildman–Crippen LogP) is 4.68. The van der Waals surface area contributed by atoms with Crippen molar-refractivity contribution in [3.63, 3.8) is 0 Å². The molecule has 7 heteroatoms. The van der Waals surface area contributed by atoms with Crippen LogP contribution in [-0.2, 0) is 14.8 Å². The van der Waals surface area contributed by atoms with Gasteiger partial charge in [-0.1, -0.05) is 66.7 Å². The van der Waals surface area contributed by atoms with E-state index >= 15 is 0 Å². The normalized spacial score (nSPS) is 17.7. The molecule has 1 aliphatic rings. The highest BCUT2D eigenvalue weighted by molar-refractivity contribution is 8.14. The number of carbonyl (C=O) groups excluding carboxylic acids is 1. The van der Waals surface area contributed by atoms with E-state index in [2.05, 4.69) is 0 Å². The predicted molar refractivity (Wildman–Crippen MR) is 110 cm³/mol. The zero-order chi connectivity index (χ0) is 19.4. The summed E-state index contributed by atoms with van der Waals surface area (Å²) in [5.74, 6) is 0.710. The van der Waals surface area contributed by atoms with Gasteiger partial charge in [0.2, 0.25) is 15.1 Å². The number of halogens is 1. The Bertz CT molecular complexity index is 941. The number of sulfonamides is 1. The SMILES string of the molecule is CCCSC(=O)C1=CCN(S(=O)(=O)c2ccc(Cl)cc2)[C@@H]1c1ccccc1. The summed E-state index contributed by atoms with van der Waals surface area (Å²) >= 11 is 7.13. The van der Waals surface area contributed by atoms with Crippen molar-refractivity contribution in [1.29, 1.82) is 0 Å². The van der Waals surface area contributed by atoms with E-state index < -0.39 is 16.1 Å². The Morgan fingerprint density at radius 2 is 1.81 bits per heavy atom. The van der Waals surface area contributed by atoms with E-state index in [-0.39, 0.29) is 16.6 Å². The molecule has 0 bridgehead atoms. The molecule has 27 heavy (non-hydrogen) atoms. The van der Waals surface area contributed by atoms with E-state index in [0.29, 0.717) is 16.3 Å². The first-order valence-electron chi connectivity index (χ1n) is 8.64. The molecule has 0 saturated heterocycles. The van der Waals surface area contributed by atoms with Crippen molar-refractivity contribution < 1.29 is 13.2 Å². The van der Waals surface area contributed by atoms with E-state index in [1.807, 2.05) is 37.3 Å². The molecule has 0 aromatic heterocycles. The maximum absolute atomic E-state index is 13.2. The van der Waals surface area contributed by atoms with Gasteiger partial charge in [-0.3, -0.25) is 4.79 Å². The summed E-state index contributed by atoms with van der Waals surface area (Å²) in [4.78, 5) is 12.9. The minimum Gasteiger partial charge on any atom is -0.282 e. The second-order valence-electron chi connectivity index (χ2n) is 6.14. The van der Waals surface area contributed by atoms with E-state index in [9.17, 15) is 13.2 Å². The molecule has 0 aliphatic carbocycles. The average Bonchev–Trinajstić information content (AvgIpc) is 3.13. The lowest BCUT2D eigenvalue weighted by molar-refractivity contribution is -0.108. The van der Waals surface area contributed by atoms with Gasteiger partial charge < -0.3 is 0 Å². The van der Waals surface area contributed by atoms with Crippen molar-refractivity contribution in [2.24, 2.45) is 0 Å². The summed E-state index contributed by atoms with van der Waals surface area (Å²) in [7, 11) is -3.78. The molecule has 0 saturated carbocycles. The summed E-state index contributed by atoms with van der Waals surface area (Å²) in [6.07, 6.45) is 2.61. The van der Waals surface area contributed by atoms with Gasteiger partial charge in [0.25, 0.3) is 0 Å². The zero-order valence-corrected chi connectivity index (χ0v) is 17.2. The van der Waals surface area contributed by atoms with Gasteiger partial charge in [-0.15, -0.1) is 0 Å². The van der Waals surface area contributed by atoms with Crippen molar-refractivity contribution in [2.75, 3.05) is 12.3 Å². The number of hydrogen-bond acceptors (Lipinski definition) is 4. The Hall–Kier alpha value is -1.60. The lowest BCUT2D eigenvalue weighted by Crippen LogP contribution is -2.33. The standard InChI is InChI=1S/C20H20ClNO3S2/c1-2-14-26-20(23)18-12-13-22(19(18)15-6-4-3-5-7-15)27(24,25)17-10-8-16(21)9-11-17/h3-12,19H,2,13-14H2,1H3/t19-/m1/s1. The molecule has 1 atom stereocenters. The van der Waals surface area contributed by atoms with Crippen LogP contribution in [0.4, 0.5) is 0 Å². The Balaban J connectivity index is 2.00. The van der Waals surface area contributed by atoms with Crippen LogP contribution in [0.1, 0.15) is 24.9 Å². The van der Waals surface area contributed by atoms with E-state index in [1.165, 1.54) is 28.2 Å². The monoisotopic (exact) mass is 421 g/mol. The smallest absolute Gasteiger partial charge is 0.244 e. The topological polar surface area (TPSA) is 54.5 Å². The summed E-state index contributed by atoms with van der Waals surface area (Å²) in [6, 6.07) is 14.7. The molecule has 0 spiro atoms. The molecule has 2 aromatic carbocycles. The molecule has 0 N–H and O–H groups in total. The first kappa shape index (κ1) is 20.1. The third-order valence-corrected chi connectivity index (χ3v) is 7.49. The van der Waals surface area contributed by atoms with Crippen molar-refractivity contribution >= 4 is 38.5 Å². The van der Waals surface area contributed by atoms with Crippen molar-refractivity contribution in [3.05, 3.63) is 76.8 Å². The number of benzene rings is 2. The molecule has 2 aromatic rings. The zero-order valence-electron chi connectivity index (χ0n) is 14.8. The summed E-state index contributed by atoms with van der Waals surface area (Å²) in [5.41, 5.74) is 1.31. The van der Waals surface area contributed by atoms with Crippen LogP contribution < -0.4 is 0 Å². The van der Waals surface area contributed by atoms with Crippen LogP contribution in [0, 0.1) is 0 Å². The molecule has 0 unspecified atom stereocenters. The highest BCUT2D eigenvalue weighted by Gasteiger charge is 2.40. The Kier molecular flexibility index (Phi) is 6.42. The maximum atomic E-state index is 13.2. The molecule has 0 amide bonds. The van der Waals surface area contributed by atoms with Gasteiger partial charge in [0.15, 0.2) is 0 Å². The first-order valence-corrected chi connectivity index (χ1v) is 11.4. The third-order valence-electron chi connectivity index (χ3n) is 4.28. The largest absolute Gasteiger partial charge is 0.282 e. The number of nitrogens with zero attached hydrogens (tertiary/aromatic N) is 1. The quantitative estimate of drug-likeness (QED) is 0.679. The van der Waals surface area contributed by atoms with Gasteiger partial charge in [-0.25, -0.2) is 8.42 Å². The molecule has 4 nitrogen and oxygen atoms in total. The van der Waals surface area contributed by atoms with Gasteiger partial charge in [-0.05, 0) is 36.2 Å². The molecular formula is C20H20ClNO3S2. The average molecular weight is 422 g/mol. The lowest BCUT2D eigenvalue weighted by atomic mass is 10.0. The van der Waals surface area contributed by atoms with Crippen LogP contribution in [0.2, 0.25) is 5.02 Å². The van der Waals surface area contributed by atoms with Crippen molar-refractivity contribution in [2.45, 2.75) is 24.3 Å². The van der Waals surface area contributed by atoms with Crippen LogP contribution in [-0.4, -0.2) is 30.1 Å². The van der Waals surface area contributed by atoms with Crippen LogP contribution in [0.5, 0.6) is 0 Å². The van der Waals surface area contributed by atoms with Crippen LogP contribution in [0.3, 0.4) is 0 Å². The second-order valence-corrected chi connectivity index (χ2v) is 9.53. The fraction of sp³-hybridized carbons (Fsp3) is 0.250.